The molecule has 1 N–H and O–H groups in total. The van der Waals surface area contributed by atoms with Crippen molar-refractivity contribution in [3.63, 3.8) is 0 Å². The van der Waals surface area contributed by atoms with Gasteiger partial charge in [0.15, 0.2) is 11.6 Å². The van der Waals surface area contributed by atoms with Gasteiger partial charge < -0.3 is 10.1 Å². The van der Waals surface area contributed by atoms with Crippen LogP contribution in [0.4, 0.5) is 4.39 Å². The minimum atomic E-state index is -0.320. The van der Waals surface area contributed by atoms with Crippen molar-refractivity contribution < 1.29 is 9.13 Å². The molecule has 0 atom stereocenters. The lowest BCUT2D eigenvalue weighted by molar-refractivity contribution is 0.289. The van der Waals surface area contributed by atoms with Crippen molar-refractivity contribution in [1.29, 1.82) is 0 Å². The van der Waals surface area contributed by atoms with E-state index in [9.17, 15) is 4.39 Å². The van der Waals surface area contributed by atoms with Crippen LogP contribution in [-0.2, 0) is 13.0 Å². The molecular formula is C18H22FNO. The molecule has 2 nitrogen and oxygen atoms in total. The third kappa shape index (κ3) is 4.87. The number of ether oxygens (including phenoxy) is 1. The number of hydrogen-bond acceptors (Lipinski definition) is 2. The van der Waals surface area contributed by atoms with Crippen LogP contribution >= 0.6 is 0 Å². The fourth-order valence-electron chi connectivity index (χ4n) is 2.18. The average Bonchev–Trinajstić information content (AvgIpc) is 2.52. The molecule has 21 heavy (non-hydrogen) atoms. The van der Waals surface area contributed by atoms with E-state index in [1.807, 2.05) is 18.2 Å². The van der Waals surface area contributed by atoms with E-state index in [0.29, 0.717) is 12.4 Å². The summed E-state index contributed by atoms with van der Waals surface area (Å²) in [5.74, 6) is -0.0176. The third-order valence-corrected chi connectivity index (χ3v) is 3.34. The number of rotatable bonds is 8. The minimum absolute atomic E-state index is 0.302. The van der Waals surface area contributed by atoms with Gasteiger partial charge in [-0.25, -0.2) is 4.39 Å². The van der Waals surface area contributed by atoms with Gasteiger partial charge in [0.2, 0.25) is 0 Å². The predicted octanol–water partition coefficient (Wildman–Crippen LogP) is 3.95. The van der Waals surface area contributed by atoms with Gasteiger partial charge in [-0.15, -0.1) is 0 Å². The normalized spacial score (nSPS) is 10.6. The van der Waals surface area contributed by atoms with Crippen LogP contribution < -0.4 is 10.1 Å². The second kappa shape index (κ2) is 8.42. The topological polar surface area (TPSA) is 21.3 Å². The molecule has 112 valence electrons. The molecule has 0 saturated heterocycles. The zero-order valence-electron chi connectivity index (χ0n) is 12.4. The van der Waals surface area contributed by atoms with Crippen LogP contribution in [0.1, 0.15) is 24.5 Å². The van der Waals surface area contributed by atoms with E-state index in [1.165, 1.54) is 11.6 Å². The predicted molar refractivity (Wildman–Crippen MR) is 84.0 cm³/mol. The summed E-state index contributed by atoms with van der Waals surface area (Å²) >= 11 is 0. The quantitative estimate of drug-likeness (QED) is 0.742. The largest absolute Gasteiger partial charge is 0.486 e. The highest BCUT2D eigenvalue weighted by molar-refractivity contribution is 5.29. The smallest absolute Gasteiger partial charge is 0.165 e. The van der Waals surface area contributed by atoms with Gasteiger partial charge in [-0.2, -0.15) is 0 Å². The maximum absolute atomic E-state index is 13.5. The Morgan fingerprint density at radius 2 is 1.67 bits per heavy atom. The van der Waals surface area contributed by atoms with Crippen LogP contribution in [0.15, 0.2) is 48.5 Å². The second-order valence-corrected chi connectivity index (χ2v) is 4.99. The first kappa shape index (κ1) is 15.5. The van der Waals surface area contributed by atoms with Gasteiger partial charge in [0.05, 0.1) is 0 Å². The summed E-state index contributed by atoms with van der Waals surface area (Å²) < 4.78 is 19.1. The fraction of sp³-hybridized carbons (Fsp3) is 0.333. The molecule has 2 aromatic rings. The molecule has 0 saturated carbocycles. The van der Waals surface area contributed by atoms with Crippen molar-refractivity contribution in [3.05, 3.63) is 65.5 Å². The highest BCUT2D eigenvalue weighted by atomic mass is 19.1. The molecule has 2 aromatic carbocycles. The van der Waals surface area contributed by atoms with Gasteiger partial charge >= 0.3 is 0 Å². The van der Waals surface area contributed by atoms with Gasteiger partial charge in [-0.3, -0.25) is 0 Å². The Labute approximate surface area is 126 Å². The van der Waals surface area contributed by atoms with Crippen molar-refractivity contribution in [2.75, 3.05) is 13.1 Å². The molecule has 0 aromatic heterocycles. The SMILES string of the molecule is CCCNCCc1ccccc1COc1ccccc1F. The molecule has 0 fully saturated rings. The molecule has 3 heteroatoms. The number of benzene rings is 2. The lowest BCUT2D eigenvalue weighted by Gasteiger charge is -2.12. The van der Waals surface area contributed by atoms with E-state index in [2.05, 4.69) is 18.3 Å². The Hall–Kier alpha value is -1.87. The molecule has 0 aliphatic heterocycles. The molecule has 0 unspecified atom stereocenters. The molecule has 0 aliphatic carbocycles. The fourth-order valence-corrected chi connectivity index (χ4v) is 2.18. The van der Waals surface area contributed by atoms with Gasteiger partial charge in [-0.05, 0) is 49.2 Å². The Kier molecular flexibility index (Phi) is 6.22. The Bertz CT molecular complexity index is 556. The van der Waals surface area contributed by atoms with E-state index >= 15 is 0 Å². The van der Waals surface area contributed by atoms with E-state index in [4.69, 9.17) is 4.74 Å². The first-order chi connectivity index (χ1) is 10.3. The minimum Gasteiger partial charge on any atom is -0.486 e. The summed E-state index contributed by atoms with van der Waals surface area (Å²) in [5, 5.41) is 3.39. The Morgan fingerprint density at radius 1 is 0.952 bits per heavy atom. The van der Waals surface area contributed by atoms with Crippen molar-refractivity contribution in [2.24, 2.45) is 0 Å². The van der Waals surface area contributed by atoms with E-state index < -0.39 is 0 Å². The zero-order chi connectivity index (χ0) is 14.9. The first-order valence-corrected chi connectivity index (χ1v) is 7.46. The van der Waals surface area contributed by atoms with Crippen LogP contribution in [0.2, 0.25) is 0 Å². The van der Waals surface area contributed by atoms with Gasteiger partial charge in [-0.1, -0.05) is 43.3 Å². The van der Waals surface area contributed by atoms with Crippen molar-refractivity contribution in [1.82, 2.24) is 5.32 Å². The summed E-state index contributed by atoms with van der Waals surface area (Å²) in [6.45, 7) is 4.53. The standard InChI is InChI=1S/C18H22FNO/c1-2-12-20-13-11-15-7-3-4-8-16(15)14-21-18-10-6-5-9-17(18)19/h3-10,20H,2,11-14H2,1H3. The van der Waals surface area contributed by atoms with Crippen molar-refractivity contribution in [2.45, 2.75) is 26.4 Å². The molecule has 0 aliphatic rings. The monoisotopic (exact) mass is 287 g/mol. The first-order valence-electron chi connectivity index (χ1n) is 7.46. The van der Waals surface area contributed by atoms with E-state index in [1.54, 1.807) is 18.2 Å². The van der Waals surface area contributed by atoms with Crippen molar-refractivity contribution >= 4 is 0 Å². The molecule has 0 radical (unpaired) electrons. The Balaban J connectivity index is 1.95. The van der Waals surface area contributed by atoms with Gasteiger partial charge in [0.25, 0.3) is 0 Å². The number of nitrogens with one attached hydrogen (secondary N) is 1. The molecule has 0 heterocycles. The van der Waals surface area contributed by atoms with Crippen LogP contribution in [0.3, 0.4) is 0 Å². The number of hydrogen-bond donors (Lipinski definition) is 1. The lowest BCUT2D eigenvalue weighted by atomic mass is 10.1. The summed E-state index contributed by atoms with van der Waals surface area (Å²) in [6, 6.07) is 14.7. The van der Waals surface area contributed by atoms with Crippen LogP contribution in [-0.4, -0.2) is 13.1 Å². The zero-order valence-corrected chi connectivity index (χ0v) is 12.4. The number of halogens is 1. The highest BCUT2D eigenvalue weighted by Crippen LogP contribution is 2.18. The van der Waals surface area contributed by atoms with Crippen LogP contribution in [0.5, 0.6) is 5.75 Å². The summed E-state index contributed by atoms with van der Waals surface area (Å²) in [4.78, 5) is 0. The second-order valence-electron chi connectivity index (χ2n) is 4.99. The number of para-hydroxylation sites is 1. The maximum Gasteiger partial charge on any atom is 0.165 e. The lowest BCUT2D eigenvalue weighted by Crippen LogP contribution is -2.18. The van der Waals surface area contributed by atoms with Crippen LogP contribution in [0, 0.1) is 5.82 Å². The Morgan fingerprint density at radius 3 is 2.43 bits per heavy atom. The van der Waals surface area contributed by atoms with Gasteiger partial charge in [0, 0.05) is 0 Å². The summed E-state index contributed by atoms with van der Waals surface area (Å²) in [6.07, 6.45) is 2.09. The molecule has 0 spiro atoms. The van der Waals surface area contributed by atoms with E-state index in [0.717, 1.165) is 31.5 Å². The average molecular weight is 287 g/mol. The maximum atomic E-state index is 13.5. The summed E-state index contributed by atoms with van der Waals surface area (Å²) in [7, 11) is 0. The van der Waals surface area contributed by atoms with Crippen molar-refractivity contribution in [3.8, 4) is 5.75 Å². The van der Waals surface area contributed by atoms with E-state index in [-0.39, 0.29) is 5.82 Å². The molecular weight excluding hydrogens is 265 g/mol. The highest BCUT2D eigenvalue weighted by Gasteiger charge is 2.05. The summed E-state index contributed by atoms with van der Waals surface area (Å²) in [5.41, 5.74) is 2.36. The molecule has 2 rings (SSSR count). The van der Waals surface area contributed by atoms with Gasteiger partial charge in [0.1, 0.15) is 6.61 Å². The molecule has 0 bridgehead atoms. The third-order valence-electron chi connectivity index (χ3n) is 3.34. The molecule has 0 amide bonds. The van der Waals surface area contributed by atoms with Crippen LogP contribution in [0.25, 0.3) is 0 Å².